The predicted molar refractivity (Wildman–Crippen MR) is 59.1 cm³/mol. The van der Waals surface area contributed by atoms with Gasteiger partial charge in [0.05, 0.1) is 12.8 Å². The van der Waals surface area contributed by atoms with Crippen molar-refractivity contribution in [3.05, 3.63) is 18.0 Å². The number of rotatable bonds is 7. The summed E-state index contributed by atoms with van der Waals surface area (Å²) in [5.74, 6) is 5.43. The summed E-state index contributed by atoms with van der Waals surface area (Å²) >= 11 is 0. The van der Waals surface area contributed by atoms with E-state index in [-0.39, 0.29) is 6.04 Å². The van der Waals surface area contributed by atoms with Crippen molar-refractivity contribution in [3.63, 3.8) is 0 Å². The Morgan fingerprint density at radius 3 is 3.00 bits per heavy atom. The molecule has 0 amide bonds. The maximum atomic E-state index is 5.43. The molecule has 0 bridgehead atoms. The standard InChI is InChI=1S/C10H20N4O/c1-3-15-8-10(13-11)5-4-9-6-12-14(2)7-9/h6-7,10,13H,3-5,8,11H2,1-2H3. The Hall–Kier alpha value is -0.910. The zero-order valence-corrected chi connectivity index (χ0v) is 9.44. The highest BCUT2D eigenvalue weighted by atomic mass is 16.5. The second-order valence-electron chi connectivity index (χ2n) is 3.58. The minimum absolute atomic E-state index is 0.213. The fourth-order valence-corrected chi connectivity index (χ4v) is 1.42. The number of nitrogens with two attached hydrogens (primary N) is 1. The first kappa shape index (κ1) is 12.2. The maximum Gasteiger partial charge on any atom is 0.0633 e. The van der Waals surface area contributed by atoms with Gasteiger partial charge >= 0.3 is 0 Å². The molecule has 1 aromatic rings. The highest BCUT2D eigenvalue weighted by Crippen LogP contribution is 2.03. The molecule has 1 unspecified atom stereocenters. The molecular weight excluding hydrogens is 192 g/mol. The van der Waals surface area contributed by atoms with Crippen LogP contribution in [0.2, 0.25) is 0 Å². The zero-order chi connectivity index (χ0) is 11.1. The number of aromatic nitrogens is 2. The molecule has 0 aliphatic carbocycles. The van der Waals surface area contributed by atoms with Crippen LogP contribution < -0.4 is 11.3 Å². The van der Waals surface area contributed by atoms with Crippen LogP contribution >= 0.6 is 0 Å². The zero-order valence-electron chi connectivity index (χ0n) is 9.44. The Labute approximate surface area is 90.6 Å². The molecule has 0 saturated carbocycles. The molecule has 1 rings (SSSR count). The Bertz CT molecular complexity index is 274. The monoisotopic (exact) mass is 212 g/mol. The predicted octanol–water partition coefficient (Wildman–Crippen LogP) is 0.221. The van der Waals surface area contributed by atoms with E-state index in [1.54, 1.807) is 0 Å². The average Bonchev–Trinajstić information content (AvgIpc) is 2.65. The summed E-state index contributed by atoms with van der Waals surface area (Å²) in [5.41, 5.74) is 3.99. The molecule has 86 valence electrons. The third-order valence-corrected chi connectivity index (χ3v) is 2.30. The number of aryl methyl sites for hydroxylation is 2. The molecule has 5 nitrogen and oxygen atoms in total. The first-order valence-electron chi connectivity index (χ1n) is 5.27. The second kappa shape index (κ2) is 6.55. The van der Waals surface area contributed by atoms with Gasteiger partial charge in [-0.2, -0.15) is 5.10 Å². The summed E-state index contributed by atoms with van der Waals surface area (Å²) in [7, 11) is 1.92. The second-order valence-corrected chi connectivity index (χ2v) is 3.58. The maximum absolute atomic E-state index is 5.43. The minimum atomic E-state index is 0.213. The number of nitrogens with zero attached hydrogens (tertiary/aromatic N) is 2. The smallest absolute Gasteiger partial charge is 0.0633 e. The largest absolute Gasteiger partial charge is 0.380 e. The molecule has 0 aliphatic heterocycles. The number of hydrazine groups is 1. The molecule has 1 atom stereocenters. The van der Waals surface area contributed by atoms with Gasteiger partial charge in [0.25, 0.3) is 0 Å². The van der Waals surface area contributed by atoms with E-state index in [1.165, 1.54) is 5.56 Å². The van der Waals surface area contributed by atoms with Crippen LogP contribution in [0.3, 0.4) is 0 Å². The normalized spacial score (nSPS) is 13.0. The van der Waals surface area contributed by atoms with E-state index in [9.17, 15) is 0 Å². The lowest BCUT2D eigenvalue weighted by Gasteiger charge is -2.14. The SMILES string of the molecule is CCOCC(CCc1cnn(C)c1)NN. The lowest BCUT2D eigenvalue weighted by Crippen LogP contribution is -2.39. The molecule has 0 aromatic carbocycles. The molecule has 0 radical (unpaired) electrons. The average molecular weight is 212 g/mol. The van der Waals surface area contributed by atoms with Crippen molar-refractivity contribution in [1.82, 2.24) is 15.2 Å². The van der Waals surface area contributed by atoms with Gasteiger partial charge in [-0.1, -0.05) is 0 Å². The first-order chi connectivity index (χ1) is 7.26. The van der Waals surface area contributed by atoms with Gasteiger partial charge in [0.15, 0.2) is 0 Å². The topological polar surface area (TPSA) is 65.1 Å². The molecule has 0 fully saturated rings. The van der Waals surface area contributed by atoms with Gasteiger partial charge in [-0.3, -0.25) is 16.0 Å². The molecule has 0 saturated heterocycles. The van der Waals surface area contributed by atoms with E-state index >= 15 is 0 Å². The fraction of sp³-hybridized carbons (Fsp3) is 0.700. The van der Waals surface area contributed by atoms with Gasteiger partial charge in [0, 0.05) is 25.9 Å². The van der Waals surface area contributed by atoms with Gasteiger partial charge in [-0.25, -0.2) is 0 Å². The first-order valence-corrected chi connectivity index (χ1v) is 5.27. The van der Waals surface area contributed by atoms with Gasteiger partial charge in [0.2, 0.25) is 0 Å². The van der Waals surface area contributed by atoms with Crippen molar-refractivity contribution in [2.24, 2.45) is 12.9 Å². The summed E-state index contributed by atoms with van der Waals surface area (Å²) < 4.78 is 7.13. The third-order valence-electron chi connectivity index (χ3n) is 2.30. The van der Waals surface area contributed by atoms with E-state index in [4.69, 9.17) is 10.6 Å². The van der Waals surface area contributed by atoms with Gasteiger partial charge < -0.3 is 4.74 Å². The highest BCUT2D eigenvalue weighted by Gasteiger charge is 2.07. The van der Waals surface area contributed by atoms with Crippen LogP contribution in [0, 0.1) is 0 Å². The lowest BCUT2D eigenvalue weighted by atomic mass is 10.1. The molecular formula is C10H20N4O. The fourth-order valence-electron chi connectivity index (χ4n) is 1.42. The number of ether oxygens (including phenoxy) is 1. The summed E-state index contributed by atoms with van der Waals surface area (Å²) in [5, 5.41) is 4.12. The summed E-state index contributed by atoms with van der Waals surface area (Å²) in [6, 6.07) is 0.213. The van der Waals surface area contributed by atoms with E-state index in [0.717, 1.165) is 19.4 Å². The van der Waals surface area contributed by atoms with Crippen molar-refractivity contribution < 1.29 is 4.74 Å². The van der Waals surface area contributed by atoms with Gasteiger partial charge in [-0.05, 0) is 25.3 Å². The van der Waals surface area contributed by atoms with Crippen molar-refractivity contribution in [1.29, 1.82) is 0 Å². The molecule has 5 heteroatoms. The van der Waals surface area contributed by atoms with Crippen LogP contribution in [0.25, 0.3) is 0 Å². The summed E-state index contributed by atoms with van der Waals surface area (Å²) in [6.07, 6.45) is 5.83. The number of hydrogen-bond acceptors (Lipinski definition) is 4. The Balaban J connectivity index is 2.27. The van der Waals surface area contributed by atoms with Crippen LogP contribution in [0.5, 0.6) is 0 Å². The Morgan fingerprint density at radius 2 is 2.47 bits per heavy atom. The van der Waals surface area contributed by atoms with E-state index < -0.39 is 0 Å². The molecule has 0 spiro atoms. The molecule has 1 aromatic heterocycles. The quantitative estimate of drug-likeness (QED) is 0.501. The number of nitrogens with one attached hydrogen (secondary N) is 1. The molecule has 15 heavy (non-hydrogen) atoms. The van der Waals surface area contributed by atoms with E-state index in [2.05, 4.69) is 10.5 Å². The van der Waals surface area contributed by atoms with Crippen molar-refractivity contribution in [3.8, 4) is 0 Å². The highest BCUT2D eigenvalue weighted by molar-refractivity contribution is 5.03. The Kier molecular flexibility index (Phi) is 5.31. The summed E-state index contributed by atoms with van der Waals surface area (Å²) in [6.45, 7) is 3.37. The van der Waals surface area contributed by atoms with E-state index in [1.807, 2.05) is 31.0 Å². The Morgan fingerprint density at radius 1 is 1.67 bits per heavy atom. The molecule has 1 heterocycles. The van der Waals surface area contributed by atoms with Crippen molar-refractivity contribution in [2.75, 3.05) is 13.2 Å². The molecule has 0 aliphatic rings. The van der Waals surface area contributed by atoms with Crippen LogP contribution in [0.4, 0.5) is 0 Å². The van der Waals surface area contributed by atoms with Crippen molar-refractivity contribution >= 4 is 0 Å². The van der Waals surface area contributed by atoms with Crippen LogP contribution in [0.15, 0.2) is 12.4 Å². The summed E-state index contributed by atoms with van der Waals surface area (Å²) in [4.78, 5) is 0. The van der Waals surface area contributed by atoms with E-state index in [0.29, 0.717) is 6.61 Å². The van der Waals surface area contributed by atoms with Gasteiger partial charge in [0.1, 0.15) is 0 Å². The van der Waals surface area contributed by atoms with Gasteiger partial charge in [-0.15, -0.1) is 0 Å². The van der Waals surface area contributed by atoms with Crippen LogP contribution in [0.1, 0.15) is 18.9 Å². The third kappa shape index (κ3) is 4.42. The molecule has 3 N–H and O–H groups in total. The van der Waals surface area contributed by atoms with Crippen LogP contribution in [-0.2, 0) is 18.2 Å². The lowest BCUT2D eigenvalue weighted by molar-refractivity contribution is 0.120. The number of hydrogen-bond donors (Lipinski definition) is 2. The van der Waals surface area contributed by atoms with Crippen LogP contribution in [-0.4, -0.2) is 29.0 Å². The minimum Gasteiger partial charge on any atom is -0.380 e. The van der Waals surface area contributed by atoms with Crippen molar-refractivity contribution in [2.45, 2.75) is 25.8 Å².